The Morgan fingerprint density at radius 1 is 1.35 bits per heavy atom. The minimum atomic E-state index is 0.115. The van der Waals surface area contributed by atoms with E-state index >= 15 is 0 Å². The normalized spacial score (nSPS) is 11.6. The molecule has 0 saturated heterocycles. The maximum Gasteiger partial charge on any atom is 0.130 e. The molecule has 0 aliphatic heterocycles. The zero-order chi connectivity index (χ0) is 12.9. The van der Waals surface area contributed by atoms with E-state index in [1.807, 2.05) is 6.20 Å². The van der Waals surface area contributed by atoms with E-state index in [1.165, 1.54) is 5.56 Å². The number of rotatable bonds is 5. The van der Waals surface area contributed by atoms with Crippen molar-refractivity contribution in [3.63, 3.8) is 0 Å². The molecule has 0 amide bonds. The van der Waals surface area contributed by atoms with Crippen LogP contribution in [0, 0.1) is 0 Å². The van der Waals surface area contributed by atoms with Crippen LogP contribution in [0.15, 0.2) is 16.7 Å². The first kappa shape index (κ1) is 14.5. The number of nitrogens with one attached hydrogen (secondary N) is 2. The lowest BCUT2D eigenvalue weighted by molar-refractivity contribution is 0.424. The molecule has 0 unspecified atom stereocenters. The van der Waals surface area contributed by atoms with E-state index in [9.17, 15) is 0 Å². The Morgan fingerprint density at radius 2 is 2.06 bits per heavy atom. The minimum absolute atomic E-state index is 0.115. The monoisotopic (exact) mass is 299 g/mol. The highest BCUT2D eigenvalue weighted by molar-refractivity contribution is 9.10. The molecule has 0 aliphatic rings. The molecule has 0 atom stereocenters. The average molecular weight is 300 g/mol. The van der Waals surface area contributed by atoms with E-state index in [2.05, 4.69) is 65.3 Å². The van der Waals surface area contributed by atoms with Crippen LogP contribution >= 0.6 is 15.9 Å². The summed E-state index contributed by atoms with van der Waals surface area (Å²) in [6.45, 7) is 10.4. The molecular formula is C13H22BrN3. The number of aromatic nitrogens is 1. The number of halogens is 1. The zero-order valence-electron chi connectivity index (χ0n) is 11.1. The highest BCUT2D eigenvalue weighted by Crippen LogP contribution is 2.18. The quantitative estimate of drug-likeness (QED) is 0.873. The van der Waals surface area contributed by atoms with E-state index in [0.29, 0.717) is 0 Å². The van der Waals surface area contributed by atoms with Crippen LogP contribution in [-0.2, 0) is 6.54 Å². The van der Waals surface area contributed by atoms with Crippen LogP contribution in [0.4, 0.5) is 5.82 Å². The lowest BCUT2D eigenvalue weighted by Gasteiger charge is -2.21. The van der Waals surface area contributed by atoms with E-state index in [-0.39, 0.29) is 5.54 Å². The summed E-state index contributed by atoms with van der Waals surface area (Å²) in [6, 6.07) is 2.11. The van der Waals surface area contributed by atoms with Gasteiger partial charge in [-0.25, -0.2) is 4.98 Å². The highest BCUT2D eigenvalue weighted by atomic mass is 79.9. The second-order valence-corrected chi connectivity index (χ2v) is 6.11. The van der Waals surface area contributed by atoms with Gasteiger partial charge in [0, 0.05) is 34.9 Å². The first-order valence-corrected chi connectivity index (χ1v) is 6.85. The fourth-order valence-electron chi connectivity index (χ4n) is 1.38. The summed E-state index contributed by atoms with van der Waals surface area (Å²) in [5, 5.41) is 6.84. The Bertz CT molecular complexity index is 358. The van der Waals surface area contributed by atoms with Gasteiger partial charge in [0.05, 0.1) is 0 Å². The maximum atomic E-state index is 4.42. The third-order valence-corrected chi connectivity index (χ3v) is 2.72. The molecule has 4 heteroatoms. The number of hydrogen-bond acceptors (Lipinski definition) is 3. The van der Waals surface area contributed by atoms with Gasteiger partial charge in [0.2, 0.25) is 0 Å². The summed E-state index contributed by atoms with van der Waals surface area (Å²) < 4.78 is 1.02. The van der Waals surface area contributed by atoms with Crippen LogP contribution in [0.2, 0.25) is 0 Å². The lowest BCUT2D eigenvalue weighted by atomic mass is 10.1. The Hall–Kier alpha value is -0.610. The minimum Gasteiger partial charge on any atom is -0.370 e. The Kier molecular flexibility index (Phi) is 5.40. The molecule has 1 rings (SSSR count). The molecule has 0 aromatic carbocycles. The lowest BCUT2D eigenvalue weighted by Crippen LogP contribution is -2.35. The van der Waals surface area contributed by atoms with E-state index in [0.717, 1.165) is 29.8 Å². The van der Waals surface area contributed by atoms with Crippen molar-refractivity contribution in [3.05, 3.63) is 22.3 Å². The van der Waals surface area contributed by atoms with Crippen molar-refractivity contribution in [3.8, 4) is 0 Å². The SMILES string of the molecule is CCCNc1ncc(Br)cc1CNC(C)(C)C. The Balaban J connectivity index is 2.76. The van der Waals surface area contributed by atoms with Crippen molar-refractivity contribution >= 4 is 21.7 Å². The van der Waals surface area contributed by atoms with Crippen molar-refractivity contribution in [2.45, 2.75) is 46.2 Å². The van der Waals surface area contributed by atoms with E-state index < -0.39 is 0 Å². The molecule has 17 heavy (non-hydrogen) atoms. The Morgan fingerprint density at radius 3 is 2.65 bits per heavy atom. The van der Waals surface area contributed by atoms with Crippen molar-refractivity contribution in [2.75, 3.05) is 11.9 Å². The van der Waals surface area contributed by atoms with Crippen LogP contribution in [0.25, 0.3) is 0 Å². The topological polar surface area (TPSA) is 37.0 Å². The van der Waals surface area contributed by atoms with Gasteiger partial charge in [0.25, 0.3) is 0 Å². The summed E-state index contributed by atoms with van der Waals surface area (Å²) in [4.78, 5) is 4.42. The number of hydrogen-bond donors (Lipinski definition) is 2. The smallest absolute Gasteiger partial charge is 0.130 e. The summed E-state index contributed by atoms with van der Waals surface area (Å²) in [5.41, 5.74) is 1.31. The van der Waals surface area contributed by atoms with Gasteiger partial charge in [-0.3, -0.25) is 0 Å². The molecule has 0 saturated carbocycles. The average Bonchev–Trinajstić information content (AvgIpc) is 2.24. The van der Waals surface area contributed by atoms with Crippen molar-refractivity contribution in [1.29, 1.82) is 0 Å². The van der Waals surface area contributed by atoms with Crippen LogP contribution in [0.1, 0.15) is 39.7 Å². The second kappa shape index (κ2) is 6.36. The zero-order valence-corrected chi connectivity index (χ0v) is 12.7. The summed E-state index contributed by atoms with van der Waals surface area (Å²) in [7, 11) is 0. The van der Waals surface area contributed by atoms with Crippen LogP contribution in [-0.4, -0.2) is 17.1 Å². The molecular weight excluding hydrogens is 278 g/mol. The molecule has 0 bridgehead atoms. The molecule has 96 valence electrons. The summed E-state index contributed by atoms with van der Waals surface area (Å²) in [6.07, 6.45) is 2.93. The fourth-order valence-corrected chi connectivity index (χ4v) is 1.76. The van der Waals surface area contributed by atoms with E-state index in [4.69, 9.17) is 0 Å². The van der Waals surface area contributed by atoms with Gasteiger partial charge in [0.1, 0.15) is 5.82 Å². The molecule has 1 heterocycles. The van der Waals surface area contributed by atoms with Crippen LogP contribution in [0.3, 0.4) is 0 Å². The van der Waals surface area contributed by atoms with Gasteiger partial charge < -0.3 is 10.6 Å². The first-order valence-electron chi connectivity index (χ1n) is 6.05. The van der Waals surface area contributed by atoms with Gasteiger partial charge >= 0.3 is 0 Å². The Labute approximate surface area is 113 Å². The maximum absolute atomic E-state index is 4.42. The molecule has 2 N–H and O–H groups in total. The number of nitrogens with zero attached hydrogens (tertiary/aromatic N) is 1. The number of anilines is 1. The highest BCUT2D eigenvalue weighted by Gasteiger charge is 2.11. The number of pyridine rings is 1. The van der Waals surface area contributed by atoms with Crippen molar-refractivity contribution in [2.24, 2.45) is 0 Å². The van der Waals surface area contributed by atoms with E-state index in [1.54, 1.807) is 0 Å². The molecule has 0 fully saturated rings. The third-order valence-electron chi connectivity index (χ3n) is 2.28. The fraction of sp³-hybridized carbons (Fsp3) is 0.615. The van der Waals surface area contributed by atoms with Gasteiger partial charge in [-0.2, -0.15) is 0 Å². The van der Waals surface area contributed by atoms with Gasteiger partial charge in [-0.05, 0) is 49.2 Å². The molecule has 0 spiro atoms. The summed E-state index contributed by atoms with van der Waals surface area (Å²) >= 11 is 3.47. The van der Waals surface area contributed by atoms with Crippen LogP contribution < -0.4 is 10.6 Å². The second-order valence-electron chi connectivity index (χ2n) is 5.19. The van der Waals surface area contributed by atoms with Gasteiger partial charge in [-0.1, -0.05) is 6.92 Å². The predicted molar refractivity (Wildman–Crippen MR) is 77.3 cm³/mol. The summed E-state index contributed by atoms with van der Waals surface area (Å²) in [5.74, 6) is 0.979. The van der Waals surface area contributed by atoms with Gasteiger partial charge in [-0.15, -0.1) is 0 Å². The van der Waals surface area contributed by atoms with Gasteiger partial charge in [0.15, 0.2) is 0 Å². The molecule has 3 nitrogen and oxygen atoms in total. The van der Waals surface area contributed by atoms with Crippen LogP contribution in [0.5, 0.6) is 0 Å². The third kappa shape index (κ3) is 5.50. The molecule has 1 aromatic rings. The standard InChI is InChI=1S/C13H22BrN3/c1-5-6-15-12-10(7-11(14)9-16-12)8-17-13(2,3)4/h7,9,17H,5-6,8H2,1-4H3,(H,15,16). The van der Waals surface area contributed by atoms with Crippen molar-refractivity contribution < 1.29 is 0 Å². The first-order chi connectivity index (χ1) is 7.92. The largest absolute Gasteiger partial charge is 0.370 e. The molecule has 0 radical (unpaired) electrons. The predicted octanol–water partition coefficient (Wildman–Crippen LogP) is 3.55. The molecule has 1 aromatic heterocycles. The molecule has 0 aliphatic carbocycles. The van der Waals surface area contributed by atoms with Crippen molar-refractivity contribution in [1.82, 2.24) is 10.3 Å².